The second kappa shape index (κ2) is 7.38. The zero-order chi connectivity index (χ0) is 15.1. The number of aromatic nitrogens is 3. The van der Waals surface area contributed by atoms with Crippen LogP contribution in [-0.4, -0.2) is 26.9 Å². The Morgan fingerprint density at radius 2 is 2.10 bits per heavy atom. The van der Waals surface area contributed by atoms with Crippen molar-refractivity contribution in [2.45, 2.75) is 26.4 Å². The zero-order valence-electron chi connectivity index (χ0n) is 12.3. The van der Waals surface area contributed by atoms with Gasteiger partial charge in [0.2, 0.25) is 5.91 Å². The van der Waals surface area contributed by atoms with Crippen LogP contribution in [-0.2, 0) is 11.3 Å². The molecule has 2 rings (SSSR count). The zero-order valence-corrected chi connectivity index (χ0v) is 12.3. The number of nitrogens with one attached hydrogen (secondary N) is 1. The smallest absolute Gasteiger partial charge is 0.244 e. The van der Waals surface area contributed by atoms with Crippen LogP contribution in [0.25, 0.3) is 6.08 Å². The maximum Gasteiger partial charge on any atom is 0.244 e. The molecule has 0 fully saturated rings. The van der Waals surface area contributed by atoms with Gasteiger partial charge in [-0.3, -0.25) is 9.48 Å². The summed E-state index contributed by atoms with van der Waals surface area (Å²) >= 11 is 0. The average molecular weight is 284 g/mol. The number of amides is 1. The summed E-state index contributed by atoms with van der Waals surface area (Å²) < 4.78 is 1.73. The third-order valence-electron chi connectivity index (χ3n) is 3.21. The molecular formula is C16H20N4O. The van der Waals surface area contributed by atoms with Gasteiger partial charge in [-0.05, 0) is 17.6 Å². The monoisotopic (exact) mass is 284 g/mol. The Kier molecular flexibility index (Phi) is 5.26. The minimum atomic E-state index is -0.0994. The normalized spacial score (nSPS) is 12.7. The lowest BCUT2D eigenvalue weighted by molar-refractivity contribution is -0.117. The van der Waals surface area contributed by atoms with Gasteiger partial charge < -0.3 is 5.32 Å². The highest BCUT2D eigenvalue weighted by Crippen LogP contribution is 2.05. The van der Waals surface area contributed by atoms with E-state index in [1.54, 1.807) is 23.2 Å². The molecule has 0 saturated carbocycles. The lowest BCUT2D eigenvalue weighted by Gasteiger charge is -2.21. The molecule has 1 aromatic heterocycles. The first-order valence-electron chi connectivity index (χ1n) is 7.03. The van der Waals surface area contributed by atoms with Crippen molar-refractivity contribution < 1.29 is 4.79 Å². The van der Waals surface area contributed by atoms with Crippen LogP contribution in [0.2, 0.25) is 0 Å². The van der Waals surface area contributed by atoms with E-state index in [2.05, 4.69) is 29.5 Å². The van der Waals surface area contributed by atoms with E-state index in [4.69, 9.17) is 0 Å². The molecule has 1 heterocycles. The first-order chi connectivity index (χ1) is 10.1. The summed E-state index contributed by atoms with van der Waals surface area (Å²) in [5.41, 5.74) is 1.00. The van der Waals surface area contributed by atoms with Crippen LogP contribution in [0, 0.1) is 5.92 Å². The summed E-state index contributed by atoms with van der Waals surface area (Å²) in [4.78, 5) is 12.0. The summed E-state index contributed by atoms with van der Waals surface area (Å²) in [6, 6.07) is 9.76. The van der Waals surface area contributed by atoms with Crippen molar-refractivity contribution in [2.75, 3.05) is 0 Å². The minimum Gasteiger partial charge on any atom is -0.348 e. The molecule has 21 heavy (non-hydrogen) atoms. The second-order valence-corrected chi connectivity index (χ2v) is 5.23. The molecule has 0 aliphatic heterocycles. The highest BCUT2D eigenvalue weighted by molar-refractivity contribution is 5.91. The standard InChI is InChI=1S/C16H20N4O/c1-13(2)15(12-20-11-10-17-19-20)18-16(21)9-8-14-6-4-3-5-7-14/h3-11,13,15H,12H2,1-2H3,(H,18,21)/b9-8+. The molecule has 0 aliphatic rings. The van der Waals surface area contributed by atoms with E-state index in [0.717, 1.165) is 5.56 Å². The van der Waals surface area contributed by atoms with Crippen LogP contribution in [0.5, 0.6) is 0 Å². The highest BCUT2D eigenvalue weighted by Gasteiger charge is 2.15. The number of benzene rings is 1. The number of rotatable bonds is 6. The fourth-order valence-corrected chi connectivity index (χ4v) is 1.92. The van der Waals surface area contributed by atoms with Gasteiger partial charge in [0.25, 0.3) is 0 Å². The van der Waals surface area contributed by atoms with Crippen LogP contribution in [0.4, 0.5) is 0 Å². The van der Waals surface area contributed by atoms with Gasteiger partial charge in [0.15, 0.2) is 0 Å². The molecule has 1 aromatic carbocycles. The SMILES string of the molecule is CC(C)C(Cn1ccnn1)NC(=O)/C=C/c1ccccc1. The minimum absolute atomic E-state index is 0.0135. The molecule has 0 radical (unpaired) electrons. The molecule has 0 aliphatic carbocycles. The van der Waals surface area contributed by atoms with Crippen molar-refractivity contribution in [3.8, 4) is 0 Å². The maximum absolute atomic E-state index is 12.0. The molecule has 5 heteroatoms. The Bertz CT molecular complexity index is 576. The Hall–Kier alpha value is -2.43. The summed E-state index contributed by atoms with van der Waals surface area (Å²) in [7, 11) is 0. The third-order valence-corrected chi connectivity index (χ3v) is 3.21. The van der Waals surface area contributed by atoms with Crippen molar-refractivity contribution in [1.82, 2.24) is 20.3 Å². The van der Waals surface area contributed by atoms with Crippen LogP contribution in [0.15, 0.2) is 48.8 Å². The van der Waals surface area contributed by atoms with E-state index >= 15 is 0 Å². The van der Waals surface area contributed by atoms with Crippen LogP contribution in [0.1, 0.15) is 19.4 Å². The molecular weight excluding hydrogens is 264 g/mol. The number of nitrogens with zero attached hydrogens (tertiary/aromatic N) is 3. The Morgan fingerprint density at radius 3 is 2.71 bits per heavy atom. The first-order valence-corrected chi connectivity index (χ1v) is 7.03. The molecule has 0 saturated heterocycles. The first kappa shape index (κ1) is 15.0. The van der Waals surface area contributed by atoms with Gasteiger partial charge in [0.1, 0.15) is 0 Å². The third kappa shape index (κ3) is 4.87. The molecule has 0 bridgehead atoms. The fourth-order valence-electron chi connectivity index (χ4n) is 1.92. The molecule has 1 N–H and O–H groups in total. The lowest BCUT2D eigenvalue weighted by Crippen LogP contribution is -2.40. The molecule has 2 aromatic rings. The Morgan fingerprint density at radius 1 is 1.33 bits per heavy atom. The topological polar surface area (TPSA) is 59.8 Å². The van der Waals surface area contributed by atoms with Crippen LogP contribution < -0.4 is 5.32 Å². The van der Waals surface area contributed by atoms with Crippen molar-refractivity contribution in [3.63, 3.8) is 0 Å². The molecule has 110 valence electrons. The Labute approximate surface area is 124 Å². The van der Waals surface area contributed by atoms with Crippen LogP contribution in [0.3, 0.4) is 0 Å². The van der Waals surface area contributed by atoms with Gasteiger partial charge in [-0.1, -0.05) is 49.4 Å². The van der Waals surface area contributed by atoms with Crippen molar-refractivity contribution in [3.05, 3.63) is 54.4 Å². The predicted molar refractivity (Wildman–Crippen MR) is 82.3 cm³/mol. The highest BCUT2D eigenvalue weighted by atomic mass is 16.1. The summed E-state index contributed by atoms with van der Waals surface area (Å²) in [5, 5.41) is 10.7. The number of hydrogen-bond acceptors (Lipinski definition) is 3. The molecule has 1 atom stereocenters. The summed E-state index contributed by atoms with van der Waals surface area (Å²) in [6.07, 6.45) is 6.80. The van der Waals surface area contributed by atoms with Gasteiger partial charge >= 0.3 is 0 Å². The number of hydrogen-bond donors (Lipinski definition) is 1. The van der Waals surface area contributed by atoms with Crippen molar-refractivity contribution >= 4 is 12.0 Å². The maximum atomic E-state index is 12.0. The van der Waals surface area contributed by atoms with Gasteiger partial charge in [-0.15, -0.1) is 5.10 Å². The van der Waals surface area contributed by atoms with Gasteiger partial charge in [0.05, 0.1) is 18.8 Å². The summed E-state index contributed by atoms with van der Waals surface area (Å²) in [6.45, 7) is 4.76. The molecule has 1 amide bonds. The fraction of sp³-hybridized carbons (Fsp3) is 0.312. The Balaban J connectivity index is 1.93. The van der Waals surface area contributed by atoms with E-state index in [0.29, 0.717) is 12.5 Å². The predicted octanol–water partition coefficient (Wildman–Crippen LogP) is 2.13. The van der Waals surface area contributed by atoms with E-state index in [9.17, 15) is 4.79 Å². The van der Waals surface area contributed by atoms with Gasteiger partial charge in [-0.2, -0.15) is 0 Å². The number of carbonyl (C=O) groups is 1. The molecule has 0 spiro atoms. The molecule has 5 nitrogen and oxygen atoms in total. The summed E-state index contributed by atoms with van der Waals surface area (Å²) in [5.74, 6) is 0.209. The quantitative estimate of drug-likeness (QED) is 0.827. The lowest BCUT2D eigenvalue weighted by atomic mass is 10.0. The number of carbonyl (C=O) groups excluding carboxylic acids is 1. The molecule has 1 unspecified atom stereocenters. The van der Waals surface area contributed by atoms with Crippen molar-refractivity contribution in [1.29, 1.82) is 0 Å². The van der Waals surface area contributed by atoms with E-state index in [1.807, 2.05) is 36.4 Å². The van der Waals surface area contributed by atoms with Crippen molar-refractivity contribution in [2.24, 2.45) is 5.92 Å². The van der Waals surface area contributed by atoms with Gasteiger partial charge in [-0.25, -0.2) is 0 Å². The van der Waals surface area contributed by atoms with E-state index < -0.39 is 0 Å². The second-order valence-electron chi connectivity index (χ2n) is 5.23. The van der Waals surface area contributed by atoms with Gasteiger partial charge in [0, 0.05) is 12.3 Å². The van der Waals surface area contributed by atoms with Crippen LogP contribution >= 0.6 is 0 Å². The average Bonchev–Trinajstić information content (AvgIpc) is 2.98. The largest absolute Gasteiger partial charge is 0.348 e. The van der Waals surface area contributed by atoms with E-state index in [1.165, 1.54) is 0 Å². The van der Waals surface area contributed by atoms with E-state index in [-0.39, 0.29) is 11.9 Å².